The number of hydrogen-bond acceptors (Lipinski definition) is 3. The molecule has 1 unspecified atom stereocenters. The molecule has 0 radical (unpaired) electrons. The summed E-state index contributed by atoms with van der Waals surface area (Å²) < 4.78 is 0. The van der Waals surface area contributed by atoms with E-state index in [1.54, 1.807) is 4.90 Å². The fourth-order valence-corrected chi connectivity index (χ4v) is 3.89. The number of aryl methyl sites for hydroxylation is 1. The van der Waals surface area contributed by atoms with Gasteiger partial charge in [0.25, 0.3) is 5.91 Å². The van der Waals surface area contributed by atoms with Crippen LogP contribution in [0.15, 0.2) is 78.1 Å². The summed E-state index contributed by atoms with van der Waals surface area (Å²) in [5.74, 6) is -1.25. The molecule has 0 bridgehead atoms. The number of nitrogens with zero attached hydrogens (tertiary/aromatic N) is 1. The Balaban J connectivity index is 1.81. The second-order valence-corrected chi connectivity index (χ2v) is 7.20. The van der Waals surface area contributed by atoms with Gasteiger partial charge >= 0.3 is 0 Å². The summed E-state index contributed by atoms with van der Waals surface area (Å²) in [5.41, 5.74) is 3.04. The van der Waals surface area contributed by atoms with Gasteiger partial charge < -0.3 is 10.0 Å². The van der Waals surface area contributed by atoms with Crippen molar-refractivity contribution in [3.8, 4) is 0 Å². The fourth-order valence-electron chi connectivity index (χ4n) is 3.89. The number of fused-ring (bicyclic) bond motifs is 1. The van der Waals surface area contributed by atoms with Crippen molar-refractivity contribution in [3.63, 3.8) is 0 Å². The molecule has 140 valence electrons. The topological polar surface area (TPSA) is 57.6 Å². The minimum Gasteiger partial charge on any atom is -0.503 e. The summed E-state index contributed by atoms with van der Waals surface area (Å²) in [6.07, 6.45) is 0. The van der Waals surface area contributed by atoms with Crippen molar-refractivity contribution in [2.75, 3.05) is 0 Å². The molecule has 0 saturated heterocycles. The van der Waals surface area contributed by atoms with Gasteiger partial charge in [0.1, 0.15) is 0 Å². The highest BCUT2D eigenvalue weighted by atomic mass is 16.3. The summed E-state index contributed by atoms with van der Waals surface area (Å²) in [6.45, 7) is 3.68. The third-order valence-corrected chi connectivity index (χ3v) is 5.30. The van der Waals surface area contributed by atoms with Gasteiger partial charge in [0.2, 0.25) is 0 Å². The first kappa shape index (κ1) is 18.0. The van der Waals surface area contributed by atoms with Gasteiger partial charge in [-0.1, -0.05) is 72.3 Å². The molecule has 1 heterocycles. The maximum absolute atomic E-state index is 12.9. The van der Waals surface area contributed by atoms with Crippen LogP contribution in [-0.4, -0.2) is 21.7 Å². The number of aliphatic hydroxyl groups excluding tert-OH is 1. The van der Waals surface area contributed by atoms with Crippen LogP contribution in [0.2, 0.25) is 0 Å². The van der Waals surface area contributed by atoms with Crippen LogP contribution in [-0.2, 0) is 16.1 Å². The molecule has 4 nitrogen and oxygen atoms in total. The standard InChI is InChI=1S/C24H21NO3/c1-15-10-12-18(13-11-15)22-21(16(2)26)23(27)24(28)25(22)14-19-8-5-7-17-6-3-4-9-20(17)19/h3-13,22,27H,14H2,1-2H3. The van der Waals surface area contributed by atoms with Gasteiger partial charge in [0.05, 0.1) is 11.6 Å². The zero-order valence-corrected chi connectivity index (χ0v) is 15.8. The Morgan fingerprint density at radius 2 is 1.68 bits per heavy atom. The van der Waals surface area contributed by atoms with E-state index in [2.05, 4.69) is 0 Å². The second-order valence-electron chi connectivity index (χ2n) is 7.20. The Hall–Kier alpha value is -3.40. The van der Waals surface area contributed by atoms with E-state index in [0.717, 1.165) is 27.5 Å². The number of Topliss-reactive ketones (excluding diaryl/α,β-unsaturated/α-hetero) is 1. The summed E-state index contributed by atoms with van der Waals surface area (Å²) >= 11 is 0. The lowest BCUT2D eigenvalue weighted by Crippen LogP contribution is -2.30. The van der Waals surface area contributed by atoms with Gasteiger partial charge in [0, 0.05) is 6.54 Å². The van der Waals surface area contributed by atoms with Crippen LogP contribution >= 0.6 is 0 Å². The van der Waals surface area contributed by atoms with E-state index >= 15 is 0 Å². The molecule has 1 aliphatic rings. The molecular weight excluding hydrogens is 350 g/mol. The van der Waals surface area contributed by atoms with Crippen molar-refractivity contribution in [3.05, 3.63) is 94.8 Å². The first-order valence-corrected chi connectivity index (χ1v) is 9.25. The first-order chi connectivity index (χ1) is 13.5. The molecular formula is C24H21NO3. The number of rotatable bonds is 4. The smallest absolute Gasteiger partial charge is 0.290 e. The second kappa shape index (κ2) is 6.97. The number of carbonyl (C=O) groups is 2. The van der Waals surface area contributed by atoms with E-state index in [1.165, 1.54) is 6.92 Å². The van der Waals surface area contributed by atoms with Crippen molar-refractivity contribution >= 4 is 22.5 Å². The zero-order chi connectivity index (χ0) is 19.8. The van der Waals surface area contributed by atoms with Gasteiger partial charge in [-0.15, -0.1) is 0 Å². The molecule has 0 spiro atoms. The number of benzene rings is 3. The van der Waals surface area contributed by atoms with Crippen LogP contribution in [0.25, 0.3) is 10.8 Å². The SMILES string of the molecule is CC(=O)C1=C(O)C(=O)N(Cc2cccc3ccccc23)C1c1ccc(C)cc1. The first-order valence-electron chi connectivity index (χ1n) is 9.25. The Morgan fingerprint density at radius 1 is 1.00 bits per heavy atom. The normalized spacial score (nSPS) is 16.9. The summed E-state index contributed by atoms with van der Waals surface area (Å²) in [5, 5.41) is 12.6. The molecule has 1 N–H and O–H groups in total. The van der Waals surface area contributed by atoms with Gasteiger partial charge in [-0.2, -0.15) is 0 Å². The van der Waals surface area contributed by atoms with E-state index in [1.807, 2.05) is 73.7 Å². The number of hydrogen-bond donors (Lipinski definition) is 1. The van der Waals surface area contributed by atoms with E-state index < -0.39 is 17.7 Å². The molecule has 1 atom stereocenters. The molecule has 4 rings (SSSR count). The van der Waals surface area contributed by atoms with E-state index in [-0.39, 0.29) is 11.4 Å². The maximum atomic E-state index is 12.9. The van der Waals surface area contributed by atoms with Gasteiger partial charge in [0.15, 0.2) is 11.5 Å². The molecule has 4 heteroatoms. The van der Waals surface area contributed by atoms with Crippen LogP contribution in [0.3, 0.4) is 0 Å². The number of carbonyl (C=O) groups excluding carboxylic acids is 2. The van der Waals surface area contributed by atoms with Gasteiger partial charge in [-0.25, -0.2) is 0 Å². The maximum Gasteiger partial charge on any atom is 0.290 e. The number of aliphatic hydroxyl groups is 1. The van der Waals surface area contributed by atoms with E-state index in [0.29, 0.717) is 6.54 Å². The molecule has 1 aliphatic heterocycles. The largest absolute Gasteiger partial charge is 0.503 e. The lowest BCUT2D eigenvalue weighted by atomic mass is 9.95. The van der Waals surface area contributed by atoms with E-state index in [9.17, 15) is 14.7 Å². The average molecular weight is 371 g/mol. The highest BCUT2D eigenvalue weighted by molar-refractivity contribution is 6.08. The lowest BCUT2D eigenvalue weighted by Gasteiger charge is -2.27. The van der Waals surface area contributed by atoms with Crippen molar-refractivity contribution in [1.29, 1.82) is 0 Å². The van der Waals surface area contributed by atoms with Gasteiger partial charge in [-0.05, 0) is 35.7 Å². The van der Waals surface area contributed by atoms with Crippen molar-refractivity contribution in [1.82, 2.24) is 4.90 Å². The average Bonchev–Trinajstić information content (AvgIpc) is 2.94. The van der Waals surface area contributed by atoms with Gasteiger partial charge in [-0.3, -0.25) is 9.59 Å². The summed E-state index contributed by atoms with van der Waals surface area (Å²) in [6, 6.07) is 21.1. The molecule has 0 saturated carbocycles. The quantitative estimate of drug-likeness (QED) is 0.727. The van der Waals surface area contributed by atoms with Crippen LogP contribution in [0.1, 0.15) is 29.7 Å². The van der Waals surface area contributed by atoms with Crippen LogP contribution < -0.4 is 0 Å². The highest BCUT2D eigenvalue weighted by Crippen LogP contribution is 2.39. The monoisotopic (exact) mass is 371 g/mol. The van der Waals surface area contributed by atoms with Crippen molar-refractivity contribution in [2.45, 2.75) is 26.4 Å². The molecule has 28 heavy (non-hydrogen) atoms. The molecule has 0 aromatic heterocycles. The van der Waals surface area contributed by atoms with Crippen molar-refractivity contribution < 1.29 is 14.7 Å². The Bertz CT molecular complexity index is 1110. The van der Waals surface area contributed by atoms with Crippen LogP contribution in [0.4, 0.5) is 0 Å². The fraction of sp³-hybridized carbons (Fsp3) is 0.167. The van der Waals surface area contributed by atoms with Crippen LogP contribution in [0.5, 0.6) is 0 Å². The lowest BCUT2D eigenvalue weighted by molar-refractivity contribution is -0.130. The minimum atomic E-state index is -0.593. The predicted octanol–water partition coefficient (Wildman–Crippen LogP) is 4.63. The summed E-state index contributed by atoms with van der Waals surface area (Å²) in [7, 11) is 0. The Kier molecular flexibility index (Phi) is 4.47. The van der Waals surface area contributed by atoms with E-state index in [4.69, 9.17) is 0 Å². The third-order valence-electron chi connectivity index (χ3n) is 5.30. The molecule has 0 aliphatic carbocycles. The summed E-state index contributed by atoms with van der Waals surface area (Å²) in [4.78, 5) is 26.7. The number of amides is 1. The Labute approximate surface area is 163 Å². The molecule has 0 fully saturated rings. The van der Waals surface area contributed by atoms with Crippen molar-refractivity contribution in [2.24, 2.45) is 0 Å². The molecule has 3 aromatic rings. The number of ketones is 1. The zero-order valence-electron chi connectivity index (χ0n) is 15.8. The highest BCUT2D eigenvalue weighted by Gasteiger charge is 2.42. The predicted molar refractivity (Wildman–Crippen MR) is 109 cm³/mol. The minimum absolute atomic E-state index is 0.161. The Morgan fingerprint density at radius 3 is 2.39 bits per heavy atom. The third kappa shape index (κ3) is 2.97. The molecule has 1 amide bonds. The van der Waals surface area contributed by atoms with Crippen LogP contribution in [0, 0.1) is 6.92 Å². The molecule has 3 aromatic carbocycles.